The zero-order valence-electron chi connectivity index (χ0n) is 14.6. The lowest BCUT2D eigenvalue weighted by Gasteiger charge is -2.35. The molecule has 0 aromatic heterocycles. The third-order valence-corrected chi connectivity index (χ3v) is 5.23. The molecule has 2 aliphatic rings. The Labute approximate surface area is 151 Å². The first kappa shape index (κ1) is 18.2. The molecule has 0 bridgehead atoms. The maximum atomic E-state index is 12.5. The summed E-state index contributed by atoms with van der Waals surface area (Å²) in [5, 5.41) is 11.7. The van der Waals surface area contributed by atoms with Crippen LogP contribution in [0.2, 0.25) is 0 Å². The molecule has 2 amide bonds. The number of nitrogens with one attached hydrogen (secondary N) is 1. The van der Waals surface area contributed by atoms with Crippen LogP contribution in [0.1, 0.15) is 22.3 Å². The highest BCUT2D eigenvalue weighted by Gasteiger charge is 2.55. The van der Waals surface area contributed by atoms with Crippen molar-refractivity contribution < 1.29 is 29.0 Å². The zero-order chi connectivity index (χ0) is 18.7. The van der Waals surface area contributed by atoms with Gasteiger partial charge in [0.05, 0.1) is 24.7 Å². The molecule has 8 nitrogen and oxygen atoms in total. The average Bonchev–Trinajstić information content (AvgIpc) is 3.06. The number of aromatic carboxylic acids is 1. The number of carboxylic acid groups (broad SMARTS) is 1. The van der Waals surface area contributed by atoms with Crippen molar-refractivity contribution in [3.8, 4) is 0 Å². The Bertz CT molecular complexity index is 704. The van der Waals surface area contributed by atoms with Gasteiger partial charge in [-0.25, -0.2) is 9.59 Å². The molecular formula is C18H22N2O6. The molecule has 2 saturated heterocycles. The van der Waals surface area contributed by atoms with Gasteiger partial charge in [0.1, 0.15) is 0 Å². The number of hydrogen-bond donors (Lipinski definition) is 2. The predicted molar refractivity (Wildman–Crippen MR) is 90.6 cm³/mol. The number of ether oxygens (including phenoxy) is 2. The van der Waals surface area contributed by atoms with Crippen LogP contribution in [0, 0.1) is 11.3 Å². The van der Waals surface area contributed by atoms with Gasteiger partial charge in [-0.1, -0.05) is 12.1 Å². The molecule has 2 heterocycles. The van der Waals surface area contributed by atoms with Crippen molar-refractivity contribution in [2.24, 2.45) is 11.3 Å². The van der Waals surface area contributed by atoms with Gasteiger partial charge in [0.2, 0.25) is 0 Å². The minimum atomic E-state index is -0.990. The molecule has 2 atom stereocenters. The quantitative estimate of drug-likeness (QED) is 0.778. The maximum Gasteiger partial charge on any atom is 0.335 e. The number of carboxylic acids is 1. The lowest BCUT2D eigenvalue weighted by molar-refractivity contribution is -0.161. The van der Waals surface area contributed by atoms with E-state index in [1.807, 2.05) is 0 Å². The molecule has 1 aromatic carbocycles. The lowest BCUT2D eigenvalue weighted by Crippen LogP contribution is -2.46. The van der Waals surface area contributed by atoms with Gasteiger partial charge in [0.25, 0.3) is 0 Å². The van der Waals surface area contributed by atoms with Gasteiger partial charge in [-0.3, -0.25) is 4.79 Å². The number of hydrogen-bond acceptors (Lipinski definition) is 5. The van der Waals surface area contributed by atoms with Crippen LogP contribution in [-0.2, 0) is 20.8 Å². The normalized spacial score (nSPS) is 24.7. The third-order valence-electron chi connectivity index (χ3n) is 5.23. The van der Waals surface area contributed by atoms with Crippen molar-refractivity contribution in [3.63, 3.8) is 0 Å². The van der Waals surface area contributed by atoms with Crippen molar-refractivity contribution in [1.82, 2.24) is 10.2 Å². The second-order valence-corrected chi connectivity index (χ2v) is 6.71. The van der Waals surface area contributed by atoms with Crippen LogP contribution in [0.4, 0.5) is 4.79 Å². The molecule has 0 spiro atoms. The van der Waals surface area contributed by atoms with E-state index in [2.05, 4.69) is 5.32 Å². The molecule has 26 heavy (non-hydrogen) atoms. The Hall–Kier alpha value is -2.61. The molecule has 2 fully saturated rings. The average molecular weight is 362 g/mol. The largest absolute Gasteiger partial charge is 0.478 e. The van der Waals surface area contributed by atoms with Crippen molar-refractivity contribution in [2.75, 3.05) is 33.4 Å². The van der Waals surface area contributed by atoms with E-state index in [9.17, 15) is 14.4 Å². The summed E-state index contributed by atoms with van der Waals surface area (Å²) in [6.45, 7) is 1.96. The van der Waals surface area contributed by atoms with Gasteiger partial charge in [-0.05, 0) is 24.1 Å². The number of likely N-dealkylation sites (tertiary alicyclic amines) is 1. The van der Waals surface area contributed by atoms with Crippen LogP contribution in [0.3, 0.4) is 0 Å². The van der Waals surface area contributed by atoms with Crippen LogP contribution < -0.4 is 5.32 Å². The van der Waals surface area contributed by atoms with Gasteiger partial charge in [0, 0.05) is 32.2 Å². The smallest absolute Gasteiger partial charge is 0.335 e. The minimum absolute atomic E-state index is 0.0655. The summed E-state index contributed by atoms with van der Waals surface area (Å²) < 4.78 is 10.5. The monoisotopic (exact) mass is 362 g/mol. The Morgan fingerprint density at radius 1 is 1.35 bits per heavy atom. The van der Waals surface area contributed by atoms with E-state index in [-0.39, 0.29) is 30.0 Å². The van der Waals surface area contributed by atoms with E-state index >= 15 is 0 Å². The molecule has 1 aromatic rings. The highest BCUT2D eigenvalue weighted by atomic mass is 16.5. The summed E-state index contributed by atoms with van der Waals surface area (Å²) in [7, 11) is 1.37. The van der Waals surface area contributed by atoms with Crippen LogP contribution >= 0.6 is 0 Å². The molecule has 0 saturated carbocycles. The lowest BCUT2D eigenvalue weighted by atomic mass is 9.74. The summed E-state index contributed by atoms with van der Waals surface area (Å²) in [5.41, 5.74) is 0.308. The molecule has 0 aliphatic carbocycles. The fraction of sp³-hybridized carbons (Fsp3) is 0.500. The van der Waals surface area contributed by atoms with Gasteiger partial charge >= 0.3 is 18.0 Å². The summed E-state index contributed by atoms with van der Waals surface area (Å²) in [5.74, 6) is -1.34. The van der Waals surface area contributed by atoms with E-state index in [4.69, 9.17) is 14.6 Å². The fourth-order valence-corrected chi connectivity index (χ4v) is 3.70. The highest BCUT2D eigenvalue weighted by molar-refractivity contribution is 5.87. The van der Waals surface area contributed by atoms with Crippen LogP contribution in [0.15, 0.2) is 24.3 Å². The van der Waals surface area contributed by atoms with Crippen molar-refractivity contribution in [1.29, 1.82) is 0 Å². The third kappa shape index (κ3) is 3.37. The number of carbonyl (C=O) groups is 3. The van der Waals surface area contributed by atoms with Crippen molar-refractivity contribution >= 4 is 18.0 Å². The van der Waals surface area contributed by atoms with E-state index in [0.717, 1.165) is 5.56 Å². The van der Waals surface area contributed by atoms with E-state index in [0.29, 0.717) is 32.7 Å². The Balaban J connectivity index is 1.61. The number of methoxy groups -OCH3 is 1. The van der Waals surface area contributed by atoms with E-state index in [1.165, 1.54) is 19.2 Å². The Kier molecular flexibility index (Phi) is 5.13. The standard InChI is InChI=1S/C18H22N2O6/c1-25-16(23)18-6-7-26-10-14(18)9-20(11-18)17(24)19-8-12-2-4-13(5-3-12)15(21)22/h2-5,14H,6-11H2,1H3,(H,19,24)(H,21,22)/t14-,18+/m0/s1. The van der Waals surface area contributed by atoms with Crippen molar-refractivity contribution in [2.45, 2.75) is 13.0 Å². The van der Waals surface area contributed by atoms with Crippen LogP contribution in [0.25, 0.3) is 0 Å². The molecule has 2 aliphatic heterocycles. The van der Waals surface area contributed by atoms with Gasteiger partial charge in [-0.2, -0.15) is 0 Å². The number of rotatable bonds is 4. The first-order valence-electron chi connectivity index (χ1n) is 8.47. The molecule has 0 radical (unpaired) electrons. The SMILES string of the molecule is COC(=O)[C@@]12CCOC[C@@H]1CN(C(=O)NCc1ccc(C(=O)O)cc1)C2. The fourth-order valence-electron chi connectivity index (χ4n) is 3.70. The summed E-state index contributed by atoms with van der Waals surface area (Å²) in [6.07, 6.45) is 0.546. The first-order chi connectivity index (χ1) is 12.5. The van der Waals surface area contributed by atoms with E-state index in [1.54, 1.807) is 17.0 Å². The summed E-state index contributed by atoms with van der Waals surface area (Å²) in [6, 6.07) is 6.06. The van der Waals surface area contributed by atoms with Gasteiger partial charge in [-0.15, -0.1) is 0 Å². The van der Waals surface area contributed by atoms with E-state index < -0.39 is 11.4 Å². The Morgan fingerprint density at radius 3 is 2.73 bits per heavy atom. The molecule has 8 heteroatoms. The number of carbonyl (C=O) groups excluding carboxylic acids is 2. The number of urea groups is 1. The Morgan fingerprint density at radius 2 is 2.08 bits per heavy atom. The number of nitrogens with zero attached hydrogens (tertiary/aromatic N) is 1. The second kappa shape index (κ2) is 7.33. The van der Waals surface area contributed by atoms with Crippen molar-refractivity contribution in [3.05, 3.63) is 35.4 Å². The molecular weight excluding hydrogens is 340 g/mol. The number of esters is 1. The maximum absolute atomic E-state index is 12.5. The molecule has 0 unspecified atom stereocenters. The molecule has 3 rings (SSSR count). The van der Waals surface area contributed by atoms with Gasteiger partial charge in [0.15, 0.2) is 0 Å². The molecule has 140 valence electrons. The van der Waals surface area contributed by atoms with Crippen LogP contribution in [-0.4, -0.2) is 61.4 Å². The summed E-state index contributed by atoms with van der Waals surface area (Å²) >= 11 is 0. The molecule has 2 N–H and O–H groups in total. The summed E-state index contributed by atoms with van der Waals surface area (Å²) in [4.78, 5) is 37.3. The zero-order valence-corrected chi connectivity index (χ0v) is 14.6. The number of fused-ring (bicyclic) bond motifs is 1. The van der Waals surface area contributed by atoms with Crippen LogP contribution in [0.5, 0.6) is 0 Å². The minimum Gasteiger partial charge on any atom is -0.478 e. The number of benzene rings is 1. The van der Waals surface area contributed by atoms with Gasteiger partial charge < -0.3 is 24.8 Å². The predicted octanol–water partition coefficient (Wildman–Crippen LogP) is 1.11. The topological polar surface area (TPSA) is 105 Å². The second-order valence-electron chi connectivity index (χ2n) is 6.71. The first-order valence-corrected chi connectivity index (χ1v) is 8.47. The highest BCUT2D eigenvalue weighted by Crippen LogP contribution is 2.43. The number of amides is 2.